The molecule has 0 atom stereocenters. The van der Waals surface area contributed by atoms with Crippen molar-refractivity contribution < 1.29 is 0 Å². The molecule has 2 aromatic heterocycles. The quantitative estimate of drug-likeness (QED) is 0.352. The van der Waals surface area contributed by atoms with Gasteiger partial charge in [0.25, 0.3) is 0 Å². The lowest BCUT2D eigenvalue weighted by molar-refractivity contribution is 0.410. The lowest BCUT2D eigenvalue weighted by atomic mass is 10.5. The molecule has 0 aliphatic heterocycles. The van der Waals surface area contributed by atoms with Crippen LogP contribution in [0.25, 0.3) is 11.2 Å². The Balaban J connectivity index is 2.11. The average molecular weight is 297 g/mol. The Morgan fingerprint density at radius 3 is 2.79 bits per heavy atom. The number of hydrogen-bond donors (Lipinski definition) is 0. The second-order valence-corrected chi connectivity index (χ2v) is 6.41. The van der Waals surface area contributed by atoms with Gasteiger partial charge in [-0.3, -0.25) is 0 Å². The summed E-state index contributed by atoms with van der Waals surface area (Å²) in [5, 5.41) is 1.83. The highest BCUT2D eigenvalue weighted by molar-refractivity contribution is 7.99. The van der Waals surface area contributed by atoms with Crippen LogP contribution in [0.15, 0.2) is 16.5 Å². The molecule has 2 rings (SSSR count). The highest BCUT2D eigenvalue weighted by Crippen LogP contribution is 2.25. The molecule has 0 aromatic carbocycles. The fraction of sp³-hybridized carbons (Fsp3) is 0.583. The van der Waals surface area contributed by atoms with Gasteiger partial charge >= 0.3 is 0 Å². The van der Waals surface area contributed by atoms with E-state index >= 15 is 0 Å². The lowest BCUT2D eigenvalue weighted by Gasteiger charge is -2.08. The van der Waals surface area contributed by atoms with E-state index in [1.165, 1.54) is 0 Å². The zero-order valence-electron chi connectivity index (χ0n) is 11.8. The number of nitrogens with zero attached hydrogens (tertiary/aromatic N) is 5. The molecule has 0 spiro atoms. The molecular weight excluding hydrogens is 278 g/mol. The van der Waals surface area contributed by atoms with Crippen LogP contribution in [0.4, 0.5) is 0 Å². The molecule has 0 N–H and O–H groups in total. The number of aryl methyl sites for hydroxylation is 1. The number of imidazole rings is 1. The third-order valence-electron chi connectivity index (χ3n) is 2.69. The molecule has 0 saturated heterocycles. The van der Waals surface area contributed by atoms with E-state index in [0.717, 1.165) is 40.1 Å². The third-order valence-corrected chi connectivity index (χ3v) is 4.30. The van der Waals surface area contributed by atoms with Crippen molar-refractivity contribution in [3.05, 3.63) is 6.33 Å². The fourth-order valence-electron chi connectivity index (χ4n) is 1.75. The summed E-state index contributed by atoms with van der Waals surface area (Å²) in [4.78, 5) is 15.6. The number of aromatic nitrogens is 4. The summed E-state index contributed by atoms with van der Waals surface area (Å²) in [6.45, 7) is 1.09. The van der Waals surface area contributed by atoms with Gasteiger partial charge in [0, 0.05) is 12.8 Å². The Morgan fingerprint density at radius 1 is 1.32 bits per heavy atom. The second-order valence-electron chi connectivity index (χ2n) is 4.55. The van der Waals surface area contributed by atoms with Gasteiger partial charge in [-0.15, -0.1) is 11.8 Å². The van der Waals surface area contributed by atoms with E-state index in [0.29, 0.717) is 0 Å². The maximum absolute atomic E-state index is 4.61. The van der Waals surface area contributed by atoms with E-state index in [2.05, 4.69) is 33.9 Å². The van der Waals surface area contributed by atoms with Gasteiger partial charge in [-0.05, 0) is 33.3 Å². The minimum atomic E-state index is 0.789. The Bertz CT molecular complexity index is 552. The highest BCUT2D eigenvalue weighted by Gasteiger charge is 2.11. The van der Waals surface area contributed by atoms with E-state index in [1.807, 2.05) is 17.9 Å². The summed E-state index contributed by atoms with van der Waals surface area (Å²) in [5.74, 6) is 1.03. The lowest BCUT2D eigenvalue weighted by Crippen LogP contribution is -2.13. The van der Waals surface area contributed by atoms with Crippen LogP contribution in [0, 0.1) is 0 Å². The van der Waals surface area contributed by atoms with Crippen LogP contribution in [0.1, 0.15) is 6.42 Å². The van der Waals surface area contributed by atoms with Crippen LogP contribution in [-0.2, 0) is 7.05 Å². The summed E-state index contributed by atoms with van der Waals surface area (Å²) in [6, 6.07) is 0. The van der Waals surface area contributed by atoms with Gasteiger partial charge in [-0.2, -0.15) is 0 Å². The molecule has 0 bridgehead atoms. The normalized spacial score (nSPS) is 11.6. The number of thioether (sulfide) groups is 2. The van der Waals surface area contributed by atoms with Crippen LogP contribution in [0.5, 0.6) is 0 Å². The van der Waals surface area contributed by atoms with Crippen LogP contribution in [0.3, 0.4) is 0 Å². The van der Waals surface area contributed by atoms with E-state index in [9.17, 15) is 0 Å². The monoisotopic (exact) mass is 297 g/mol. The van der Waals surface area contributed by atoms with Crippen LogP contribution >= 0.6 is 23.5 Å². The van der Waals surface area contributed by atoms with Crippen LogP contribution in [-0.4, -0.2) is 57.1 Å². The topological polar surface area (TPSA) is 46.8 Å². The van der Waals surface area contributed by atoms with Gasteiger partial charge < -0.3 is 9.47 Å². The molecule has 2 heterocycles. The van der Waals surface area contributed by atoms with Crippen molar-refractivity contribution in [3.8, 4) is 0 Å². The van der Waals surface area contributed by atoms with Crippen molar-refractivity contribution in [2.75, 3.05) is 32.6 Å². The summed E-state index contributed by atoms with van der Waals surface area (Å²) >= 11 is 3.35. The van der Waals surface area contributed by atoms with Gasteiger partial charge in [0.15, 0.2) is 10.8 Å². The summed E-state index contributed by atoms with van der Waals surface area (Å²) in [6.07, 6.45) is 4.96. The summed E-state index contributed by atoms with van der Waals surface area (Å²) in [5.41, 5.74) is 1.81. The van der Waals surface area contributed by atoms with Crippen molar-refractivity contribution >= 4 is 34.7 Å². The van der Waals surface area contributed by atoms with E-state index in [4.69, 9.17) is 0 Å². The molecule has 0 saturated carbocycles. The maximum atomic E-state index is 4.61. The fourth-order valence-corrected chi connectivity index (χ4v) is 3.18. The van der Waals surface area contributed by atoms with Gasteiger partial charge in [0.05, 0.1) is 6.33 Å². The van der Waals surface area contributed by atoms with Crippen LogP contribution < -0.4 is 0 Å². The molecule has 0 aliphatic carbocycles. The highest BCUT2D eigenvalue weighted by atomic mass is 32.2. The first-order valence-electron chi connectivity index (χ1n) is 6.12. The molecule has 19 heavy (non-hydrogen) atoms. The smallest absolute Gasteiger partial charge is 0.190 e. The van der Waals surface area contributed by atoms with Gasteiger partial charge in [0.1, 0.15) is 10.5 Å². The molecule has 0 radical (unpaired) electrons. The zero-order valence-corrected chi connectivity index (χ0v) is 13.4. The largest absolute Gasteiger partial charge is 0.330 e. The molecule has 104 valence electrons. The second kappa shape index (κ2) is 6.58. The van der Waals surface area contributed by atoms with Crippen molar-refractivity contribution in [3.63, 3.8) is 0 Å². The van der Waals surface area contributed by atoms with Crippen LogP contribution in [0.2, 0.25) is 0 Å². The molecule has 5 nitrogen and oxygen atoms in total. The molecule has 7 heteroatoms. The minimum Gasteiger partial charge on any atom is -0.330 e. The van der Waals surface area contributed by atoms with Gasteiger partial charge in [-0.25, -0.2) is 15.0 Å². The Kier molecular flexibility index (Phi) is 5.06. The minimum absolute atomic E-state index is 0.789. The first-order chi connectivity index (χ1) is 9.11. The molecule has 0 unspecified atom stereocenters. The number of rotatable bonds is 6. The van der Waals surface area contributed by atoms with Crippen molar-refractivity contribution in [2.45, 2.75) is 16.6 Å². The Hall–Kier alpha value is -0.790. The average Bonchev–Trinajstić information content (AvgIpc) is 2.75. The summed E-state index contributed by atoms with van der Waals surface area (Å²) < 4.78 is 1.97. The van der Waals surface area contributed by atoms with Gasteiger partial charge in [0.2, 0.25) is 0 Å². The van der Waals surface area contributed by atoms with E-state index in [1.54, 1.807) is 29.9 Å². The number of hydrogen-bond acceptors (Lipinski definition) is 6. The standard InChI is InChI=1S/C12H19N5S2/c1-16(2)6-5-7-19-12-14-10-9(11(15-12)18-4)17(3)8-13-10/h8H,5-7H2,1-4H3. The predicted molar refractivity (Wildman–Crippen MR) is 82.0 cm³/mol. The Morgan fingerprint density at radius 2 is 2.11 bits per heavy atom. The van der Waals surface area contributed by atoms with Crippen molar-refractivity contribution in [1.29, 1.82) is 0 Å². The van der Waals surface area contributed by atoms with Crippen molar-refractivity contribution in [1.82, 2.24) is 24.4 Å². The Labute approximate surface area is 122 Å². The molecule has 0 aliphatic rings. The van der Waals surface area contributed by atoms with Crippen molar-refractivity contribution in [2.24, 2.45) is 7.05 Å². The maximum Gasteiger partial charge on any atom is 0.190 e. The summed E-state index contributed by atoms with van der Waals surface area (Å²) in [7, 11) is 6.15. The molecule has 0 fully saturated rings. The van der Waals surface area contributed by atoms with Gasteiger partial charge in [-0.1, -0.05) is 11.8 Å². The number of fused-ring (bicyclic) bond motifs is 1. The SMILES string of the molecule is CSc1nc(SCCCN(C)C)nc2ncn(C)c12. The first kappa shape index (κ1) is 14.6. The third kappa shape index (κ3) is 3.61. The molecule has 0 amide bonds. The molecule has 2 aromatic rings. The zero-order chi connectivity index (χ0) is 13.8. The van der Waals surface area contributed by atoms with E-state index < -0.39 is 0 Å². The molecular formula is C12H19N5S2. The van der Waals surface area contributed by atoms with E-state index in [-0.39, 0.29) is 0 Å². The predicted octanol–water partition coefficient (Wildman–Crippen LogP) is 2.13. The first-order valence-corrected chi connectivity index (χ1v) is 8.33.